The van der Waals surface area contributed by atoms with Gasteiger partial charge in [-0.05, 0) is 33.1 Å². The Balaban J connectivity index is 0.00000242. The van der Waals surface area contributed by atoms with Gasteiger partial charge in [0.1, 0.15) is 0 Å². The molecule has 0 radical (unpaired) electrons. The number of halogens is 1. The zero-order valence-electron chi connectivity index (χ0n) is 14.2. The van der Waals surface area contributed by atoms with Gasteiger partial charge >= 0.3 is 0 Å². The van der Waals surface area contributed by atoms with Crippen molar-refractivity contribution in [3.05, 3.63) is 0 Å². The molecule has 0 aromatic rings. The number of nitrogens with two attached hydrogens (primary N) is 1. The van der Waals surface area contributed by atoms with E-state index in [1.54, 1.807) is 0 Å². The van der Waals surface area contributed by atoms with Crippen LogP contribution in [-0.2, 0) is 4.74 Å². The minimum absolute atomic E-state index is 0. The first-order valence-electron chi connectivity index (χ1n) is 8.58. The van der Waals surface area contributed by atoms with Crippen LogP contribution >= 0.6 is 24.0 Å². The monoisotopic (exact) mass is 424 g/mol. The fraction of sp³-hybridized carbons (Fsp3) is 0.938. The second-order valence-electron chi connectivity index (χ2n) is 6.51. The number of hydrogen-bond donors (Lipinski definition) is 1. The Labute approximate surface area is 152 Å². The van der Waals surface area contributed by atoms with E-state index in [9.17, 15) is 0 Å². The first-order chi connectivity index (χ1) is 10.1. The third kappa shape index (κ3) is 7.00. The number of aliphatic imine (C=N–C) groups is 1. The average molecular weight is 424 g/mol. The molecular weight excluding hydrogens is 391 g/mol. The maximum absolute atomic E-state index is 6.12. The standard InChI is InChI=1S/C16H32N4O.HI/c1-14-12-19(13-15(2)21-14)9-7-8-18-16(17)20-10-5-3-4-6-11-20;/h14-15H,3-13H2,1-2H3,(H2,17,18);1H. The van der Waals surface area contributed by atoms with E-state index in [0.29, 0.717) is 12.2 Å². The molecule has 0 bridgehead atoms. The van der Waals surface area contributed by atoms with Crippen LogP contribution in [0.1, 0.15) is 46.0 Å². The molecule has 2 saturated heterocycles. The maximum atomic E-state index is 6.12. The van der Waals surface area contributed by atoms with Crippen molar-refractivity contribution in [2.24, 2.45) is 10.7 Å². The van der Waals surface area contributed by atoms with Gasteiger partial charge in [0.15, 0.2) is 5.96 Å². The zero-order chi connectivity index (χ0) is 15.1. The molecule has 22 heavy (non-hydrogen) atoms. The summed E-state index contributed by atoms with van der Waals surface area (Å²) in [6, 6.07) is 0. The number of guanidine groups is 1. The molecule has 2 heterocycles. The molecule has 2 aliphatic rings. The molecule has 2 N–H and O–H groups in total. The van der Waals surface area contributed by atoms with Crippen LogP contribution in [0.3, 0.4) is 0 Å². The molecule has 0 aromatic carbocycles. The van der Waals surface area contributed by atoms with E-state index in [0.717, 1.165) is 51.6 Å². The SMILES string of the molecule is CC1CN(CCCN=C(N)N2CCCCCC2)CC(C)O1.I. The highest BCUT2D eigenvalue weighted by molar-refractivity contribution is 14.0. The predicted octanol–water partition coefficient (Wildman–Crippen LogP) is 2.29. The molecule has 2 unspecified atom stereocenters. The highest BCUT2D eigenvalue weighted by Crippen LogP contribution is 2.11. The van der Waals surface area contributed by atoms with Crippen LogP contribution in [0.25, 0.3) is 0 Å². The highest BCUT2D eigenvalue weighted by atomic mass is 127. The lowest BCUT2D eigenvalue weighted by Crippen LogP contribution is -2.45. The molecule has 0 saturated carbocycles. The smallest absolute Gasteiger partial charge is 0.191 e. The predicted molar refractivity (Wildman–Crippen MR) is 103 cm³/mol. The van der Waals surface area contributed by atoms with Gasteiger partial charge in [0.05, 0.1) is 12.2 Å². The lowest BCUT2D eigenvalue weighted by atomic mass is 10.2. The van der Waals surface area contributed by atoms with Crippen LogP contribution < -0.4 is 5.73 Å². The third-order valence-corrected chi connectivity index (χ3v) is 4.33. The van der Waals surface area contributed by atoms with Crippen LogP contribution in [-0.4, -0.2) is 67.2 Å². The van der Waals surface area contributed by atoms with Crippen LogP contribution in [0.4, 0.5) is 0 Å². The summed E-state index contributed by atoms with van der Waals surface area (Å²) in [6.07, 6.45) is 6.93. The second kappa shape index (κ2) is 10.6. The number of ether oxygens (including phenoxy) is 1. The molecule has 0 spiro atoms. The molecule has 2 rings (SSSR count). The van der Waals surface area contributed by atoms with Gasteiger partial charge < -0.3 is 15.4 Å². The van der Waals surface area contributed by atoms with Crippen molar-refractivity contribution in [3.8, 4) is 0 Å². The van der Waals surface area contributed by atoms with Gasteiger partial charge in [-0.2, -0.15) is 0 Å². The largest absolute Gasteiger partial charge is 0.373 e. The molecule has 130 valence electrons. The molecule has 2 aliphatic heterocycles. The fourth-order valence-corrected chi connectivity index (χ4v) is 3.35. The minimum atomic E-state index is 0. The molecule has 0 amide bonds. The van der Waals surface area contributed by atoms with Gasteiger partial charge in [0.25, 0.3) is 0 Å². The van der Waals surface area contributed by atoms with Gasteiger partial charge in [-0.15, -0.1) is 24.0 Å². The summed E-state index contributed by atoms with van der Waals surface area (Å²) in [5.41, 5.74) is 6.12. The van der Waals surface area contributed by atoms with E-state index in [4.69, 9.17) is 10.5 Å². The van der Waals surface area contributed by atoms with E-state index in [1.165, 1.54) is 25.7 Å². The molecule has 5 nitrogen and oxygen atoms in total. The van der Waals surface area contributed by atoms with Crippen molar-refractivity contribution in [1.82, 2.24) is 9.80 Å². The Morgan fingerprint density at radius 1 is 1.09 bits per heavy atom. The number of rotatable bonds is 4. The quantitative estimate of drug-likeness (QED) is 0.326. The fourth-order valence-electron chi connectivity index (χ4n) is 3.35. The summed E-state index contributed by atoms with van der Waals surface area (Å²) in [5.74, 6) is 0.751. The third-order valence-electron chi connectivity index (χ3n) is 4.33. The lowest BCUT2D eigenvalue weighted by molar-refractivity contribution is -0.0679. The van der Waals surface area contributed by atoms with Crippen molar-refractivity contribution in [3.63, 3.8) is 0 Å². The zero-order valence-corrected chi connectivity index (χ0v) is 16.5. The molecule has 6 heteroatoms. The van der Waals surface area contributed by atoms with Crippen molar-refractivity contribution in [2.45, 2.75) is 58.2 Å². The van der Waals surface area contributed by atoms with Crippen LogP contribution in [0.15, 0.2) is 4.99 Å². The summed E-state index contributed by atoms with van der Waals surface area (Å²) in [5, 5.41) is 0. The molecule has 2 fully saturated rings. The maximum Gasteiger partial charge on any atom is 0.191 e. The lowest BCUT2D eigenvalue weighted by Gasteiger charge is -2.35. The Kier molecular flexibility index (Phi) is 9.66. The van der Waals surface area contributed by atoms with Gasteiger partial charge in [-0.3, -0.25) is 9.89 Å². The minimum Gasteiger partial charge on any atom is -0.373 e. The summed E-state index contributed by atoms with van der Waals surface area (Å²) < 4.78 is 5.76. The second-order valence-corrected chi connectivity index (χ2v) is 6.51. The van der Waals surface area contributed by atoms with Crippen molar-refractivity contribution in [1.29, 1.82) is 0 Å². The van der Waals surface area contributed by atoms with Gasteiger partial charge in [-0.1, -0.05) is 12.8 Å². The number of likely N-dealkylation sites (tertiary alicyclic amines) is 1. The molecule has 0 aliphatic carbocycles. The molecule has 2 atom stereocenters. The van der Waals surface area contributed by atoms with Crippen LogP contribution in [0, 0.1) is 0 Å². The van der Waals surface area contributed by atoms with Gasteiger partial charge in [-0.25, -0.2) is 0 Å². The normalized spacial score (nSPS) is 28.1. The summed E-state index contributed by atoms with van der Waals surface area (Å²) in [7, 11) is 0. The molecule has 0 aromatic heterocycles. The van der Waals surface area contributed by atoms with E-state index in [-0.39, 0.29) is 24.0 Å². The van der Waals surface area contributed by atoms with E-state index >= 15 is 0 Å². The Morgan fingerprint density at radius 2 is 1.68 bits per heavy atom. The van der Waals surface area contributed by atoms with E-state index in [1.807, 2.05) is 0 Å². The van der Waals surface area contributed by atoms with E-state index in [2.05, 4.69) is 28.6 Å². The first kappa shape index (κ1) is 20.0. The van der Waals surface area contributed by atoms with Crippen LogP contribution in [0.2, 0.25) is 0 Å². The topological polar surface area (TPSA) is 54.1 Å². The Morgan fingerprint density at radius 3 is 2.27 bits per heavy atom. The summed E-state index contributed by atoms with van der Waals surface area (Å²) in [4.78, 5) is 9.31. The number of hydrogen-bond acceptors (Lipinski definition) is 3. The summed E-state index contributed by atoms with van der Waals surface area (Å²) >= 11 is 0. The number of nitrogens with zero attached hydrogens (tertiary/aromatic N) is 3. The van der Waals surface area contributed by atoms with Crippen molar-refractivity contribution in [2.75, 3.05) is 39.3 Å². The Hall–Kier alpha value is -0.0800. The average Bonchev–Trinajstić information content (AvgIpc) is 2.71. The van der Waals surface area contributed by atoms with Gasteiger partial charge in [0.2, 0.25) is 0 Å². The van der Waals surface area contributed by atoms with Crippen molar-refractivity contribution < 1.29 is 4.74 Å². The van der Waals surface area contributed by atoms with Crippen LogP contribution in [0.5, 0.6) is 0 Å². The highest BCUT2D eigenvalue weighted by Gasteiger charge is 2.21. The van der Waals surface area contributed by atoms with Crippen molar-refractivity contribution >= 4 is 29.9 Å². The molecular formula is C16H33IN4O. The summed E-state index contributed by atoms with van der Waals surface area (Å²) in [6.45, 7) is 10.5. The number of morpholine rings is 1. The van der Waals surface area contributed by atoms with E-state index < -0.39 is 0 Å². The first-order valence-corrected chi connectivity index (χ1v) is 8.58. The Bertz CT molecular complexity index is 322. The van der Waals surface area contributed by atoms with Gasteiger partial charge in [0, 0.05) is 39.3 Å².